The average Bonchev–Trinajstić information content (AvgIpc) is 2.33. The van der Waals surface area contributed by atoms with Crippen LogP contribution in [-0.2, 0) is 22.8 Å². The second-order valence-electron chi connectivity index (χ2n) is 3.01. The minimum absolute atomic E-state index is 0.327. The highest BCUT2D eigenvalue weighted by molar-refractivity contribution is 6.73. The first-order chi connectivity index (χ1) is 7.61. The number of esters is 1. The molecular formula is C10H20O5Si. The Morgan fingerprint density at radius 1 is 1.19 bits per heavy atom. The fraction of sp³-hybridized carbons (Fsp3) is 0.700. The lowest BCUT2D eigenvalue weighted by Crippen LogP contribution is -2.48. The van der Waals surface area contributed by atoms with Crippen LogP contribution in [0, 0.1) is 0 Å². The van der Waals surface area contributed by atoms with Crippen molar-refractivity contribution in [2.75, 3.05) is 27.9 Å². The quantitative estimate of drug-likeness (QED) is 0.386. The molecular weight excluding hydrogens is 228 g/mol. The van der Waals surface area contributed by atoms with E-state index < -0.39 is 14.8 Å². The lowest BCUT2D eigenvalue weighted by Gasteiger charge is -2.25. The third-order valence-electron chi connectivity index (χ3n) is 2.08. The van der Waals surface area contributed by atoms with Crippen LogP contribution in [0.25, 0.3) is 0 Å². The highest BCUT2D eigenvalue weighted by Gasteiger charge is 2.47. The maximum Gasteiger partial charge on any atom is 0.543 e. The largest absolute Gasteiger partial charge is 0.543 e. The van der Waals surface area contributed by atoms with Gasteiger partial charge in [0.05, 0.1) is 6.61 Å². The van der Waals surface area contributed by atoms with Gasteiger partial charge in [0, 0.05) is 21.3 Å². The normalized spacial score (nSPS) is 12.7. The second-order valence-corrected chi connectivity index (χ2v) is 5.88. The van der Waals surface area contributed by atoms with Crippen molar-refractivity contribution in [3.8, 4) is 0 Å². The van der Waals surface area contributed by atoms with Crippen molar-refractivity contribution in [1.29, 1.82) is 0 Å². The molecule has 5 nitrogen and oxygen atoms in total. The van der Waals surface area contributed by atoms with Gasteiger partial charge >= 0.3 is 14.8 Å². The zero-order valence-corrected chi connectivity index (χ0v) is 11.5. The molecule has 94 valence electrons. The summed E-state index contributed by atoms with van der Waals surface area (Å²) in [6.45, 7) is 4.02. The SMILES string of the molecule is CC=C(C(=O)OCCC)[Si](OC)(OC)OC. The van der Waals surface area contributed by atoms with Gasteiger partial charge in [0.2, 0.25) is 0 Å². The van der Waals surface area contributed by atoms with Gasteiger partial charge in [-0.05, 0) is 13.3 Å². The first-order valence-electron chi connectivity index (χ1n) is 5.11. The Morgan fingerprint density at radius 3 is 2.00 bits per heavy atom. The molecule has 0 rings (SSSR count). The molecule has 0 aliphatic rings. The van der Waals surface area contributed by atoms with Crippen molar-refractivity contribution in [2.45, 2.75) is 20.3 Å². The summed E-state index contributed by atoms with van der Waals surface area (Å²) in [5.41, 5.74) is 0. The molecule has 0 aromatic carbocycles. The maximum absolute atomic E-state index is 11.8. The predicted molar refractivity (Wildman–Crippen MR) is 61.8 cm³/mol. The lowest BCUT2D eigenvalue weighted by molar-refractivity contribution is -0.138. The molecule has 0 amide bonds. The average molecular weight is 248 g/mol. The van der Waals surface area contributed by atoms with Crippen LogP contribution in [0.1, 0.15) is 20.3 Å². The van der Waals surface area contributed by atoms with Gasteiger partial charge < -0.3 is 18.0 Å². The predicted octanol–water partition coefficient (Wildman–Crippen LogP) is 1.30. The van der Waals surface area contributed by atoms with Crippen molar-refractivity contribution < 1.29 is 22.8 Å². The van der Waals surface area contributed by atoms with Crippen molar-refractivity contribution in [2.24, 2.45) is 0 Å². The molecule has 0 aliphatic carbocycles. The van der Waals surface area contributed by atoms with Gasteiger partial charge in [-0.15, -0.1) is 0 Å². The van der Waals surface area contributed by atoms with Crippen LogP contribution in [0.15, 0.2) is 11.3 Å². The fourth-order valence-corrected chi connectivity index (χ4v) is 3.11. The van der Waals surface area contributed by atoms with Gasteiger partial charge in [0.15, 0.2) is 0 Å². The Morgan fingerprint density at radius 2 is 1.69 bits per heavy atom. The van der Waals surface area contributed by atoms with E-state index in [0.717, 1.165) is 6.42 Å². The molecule has 0 aromatic heterocycles. The number of carbonyl (C=O) groups is 1. The van der Waals surface area contributed by atoms with E-state index in [1.165, 1.54) is 21.3 Å². The van der Waals surface area contributed by atoms with Crippen LogP contribution in [0.4, 0.5) is 0 Å². The Kier molecular flexibility index (Phi) is 7.23. The molecule has 6 heteroatoms. The summed E-state index contributed by atoms with van der Waals surface area (Å²) in [4.78, 5) is 11.8. The fourth-order valence-electron chi connectivity index (χ4n) is 1.27. The summed E-state index contributed by atoms with van der Waals surface area (Å²) >= 11 is 0. The van der Waals surface area contributed by atoms with Crippen LogP contribution < -0.4 is 0 Å². The van der Waals surface area contributed by atoms with E-state index in [-0.39, 0.29) is 0 Å². The summed E-state index contributed by atoms with van der Waals surface area (Å²) in [5.74, 6) is -0.443. The van der Waals surface area contributed by atoms with Gasteiger partial charge in [-0.2, -0.15) is 0 Å². The molecule has 0 saturated heterocycles. The molecule has 0 atom stereocenters. The first kappa shape index (κ1) is 15.3. The van der Waals surface area contributed by atoms with Crippen LogP contribution in [-0.4, -0.2) is 42.7 Å². The number of hydrogen-bond acceptors (Lipinski definition) is 5. The Hall–Kier alpha value is -0.693. The maximum atomic E-state index is 11.8. The van der Waals surface area contributed by atoms with Crippen molar-refractivity contribution in [3.05, 3.63) is 11.3 Å². The molecule has 0 radical (unpaired) electrons. The summed E-state index contributed by atoms with van der Waals surface area (Å²) in [7, 11) is 1.29. The smallest absolute Gasteiger partial charge is 0.462 e. The van der Waals surface area contributed by atoms with E-state index in [0.29, 0.717) is 11.8 Å². The molecule has 0 heterocycles. The van der Waals surface area contributed by atoms with E-state index in [1.54, 1.807) is 13.0 Å². The van der Waals surface area contributed by atoms with Crippen LogP contribution in [0.3, 0.4) is 0 Å². The third-order valence-corrected chi connectivity index (χ3v) is 4.85. The summed E-state index contributed by atoms with van der Waals surface area (Å²) < 4.78 is 20.7. The van der Waals surface area contributed by atoms with Gasteiger partial charge in [-0.1, -0.05) is 13.0 Å². The van der Waals surface area contributed by atoms with E-state index in [1.807, 2.05) is 6.92 Å². The number of hydrogen-bond donors (Lipinski definition) is 0. The second kappa shape index (κ2) is 7.56. The van der Waals surface area contributed by atoms with Crippen molar-refractivity contribution in [1.82, 2.24) is 0 Å². The number of allylic oxidation sites excluding steroid dienone is 1. The summed E-state index contributed by atoms with van der Waals surface area (Å²) in [6.07, 6.45) is 2.38. The van der Waals surface area contributed by atoms with Crippen LogP contribution in [0.2, 0.25) is 0 Å². The standard InChI is InChI=1S/C10H20O5Si/c1-6-8-15-10(11)9(7-2)16(12-3,13-4)14-5/h7H,6,8H2,1-5H3. The van der Waals surface area contributed by atoms with E-state index in [9.17, 15) is 4.79 Å². The Balaban J connectivity index is 4.89. The topological polar surface area (TPSA) is 54.0 Å². The lowest BCUT2D eigenvalue weighted by atomic mass is 10.5. The van der Waals surface area contributed by atoms with Crippen LogP contribution >= 0.6 is 0 Å². The minimum Gasteiger partial charge on any atom is -0.462 e. The molecule has 0 spiro atoms. The van der Waals surface area contributed by atoms with Gasteiger partial charge in [0.25, 0.3) is 0 Å². The number of rotatable bonds is 7. The van der Waals surface area contributed by atoms with Gasteiger partial charge in [-0.3, -0.25) is 0 Å². The Labute approximate surface area is 97.7 Å². The molecule has 0 fully saturated rings. The molecule has 0 N–H and O–H groups in total. The molecule has 0 bridgehead atoms. The zero-order valence-electron chi connectivity index (χ0n) is 10.5. The minimum atomic E-state index is -3.07. The van der Waals surface area contributed by atoms with Crippen LogP contribution in [0.5, 0.6) is 0 Å². The summed E-state index contributed by atoms with van der Waals surface area (Å²) in [6, 6.07) is 0. The number of ether oxygens (including phenoxy) is 1. The van der Waals surface area contributed by atoms with Crippen molar-refractivity contribution in [3.63, 3.8) is 0 Å². The molecule has 0 saturated carbocycles. The van der Waals surface area contributed by atoms with E-state index >= 15 is 0 Å². The third kappa shape index (κ3) is 3.41. The summed E-state index contributed by atoms with van der Waals surface area (Å²) in [5, 5.41) is 0.327. The van der Waals surface area contributed by atoms with E-state index in [2.05, 4.69) is 0 Å². The van der Waals surface area contributed by atoms with Gasteiger partial charge in [0.1, 0.15) is 5.20 Å². The molecule has 0 aliphatic heterocycles. The monoisotopic (exact) mass is 248 g/mol. The number of carbonyl (C=O) groups excluding carboxylic acids is 1. The highest BCUT2D eigenvalue weighted by atomic mass is 28.4. The van der Waals surface area contributed by atoms with Crippen molar-refractivity contribution >= 4 is 14.8 Å². The van der Waals surface area contributed by atoms with Gasteiger partial charge in [-0.25, -0.2) is 4.79 Å². The Bertz CT molecular complexity index is 239. The van der Waals surface area contributed by atoms with E-state index in [4.69, 9.17) is 18.0 Å². The molecule has 0 unspecified atom stereocenters. The molecule has 0 aromatic rings. The first-order valence-corrected chi connectivity index (χ1v) is 6.83. The molecule has 16 heavy (non-hydrogen) atoms. The zero-order chi connectivity index (χ0) is 12.6. The highest BCUT2D eigenvalue weighted by Crippen LogP contribution is 2.19.